The summed E-state index contributed by atoms with van der Waals surface area (Å²) in [5.74, 6) is 0.760. The maximum absolute atomic E-state index is 11.3. The van der Waals surface area contributed by atoms with Crippen LogP contribution in [0.2, 0.25) is 0 Å². The van der Waals surface area contributed by atoms with Crippen LogP contribution in [-0.2, 0) is 16.6 Å². The molecule has 22 heavy (non-hydrogen) atoms. The zero-order chi connectivity index (χ0) is 15.6. The van der Waals surface area contributed by atoms with Gasteiger partial charge in [0.1, 0.15) is 5.69 Å². The van der Waals surface area contributed by atoms with Crippen molar-refractivity contribution in [1.82, 2.24) is 14.5 Å². The molecule has 1 aromatic carbocycles. The van der Waals surface area contributed by atoms with E-state index < -0.39 is 10.0 Å². The molecule has 0 aliphatic carbocycles. The number of hydrogen-bond donors (Lipinski definition) is 1. The van der Waals surface area contributed by atoms with E-state index in [1.54, 1.807) is 24.5 Å². The fourth-order valence-electron chi connectivity index (χ4n) is 2.15. The third kappa shape index (κ3) is 3.05. The van der Waals surface area contributed by atoms with Gasteiger partial charge in [-0.05, 0) is 29.8 Å². The average Bonchev–Trinajstić information content (AvgIpc) is 2.96. The van der Waals surface area contributed by atoms with E-state index in [4.69, 9.17) is 5.14 Å². The zero-order valence-electron chi connectivity index (χ0n) is 11.6. The van der Waals surface area contributed by atoms with Gasteiger partial charge in [-0.25, -0.2) is 18.5 Å². The maximum Gasteiger partial charge on any atom is 0.238 e. The minimum Gasteiger partial charge on any atom is -0.325 e. The van der Waals surface area contributed by atoms with E-state index in [0.717, 1.165) is 17.1 Å². The first-order chi connectivity index (χ1) is 10.5. The predicted molar refractivity (Wildman–Crippen MR) is 82.4 cm³/mol. The largest absolute Gasteiger partial charge is 0.325 e. The van der Waals surface area contributed by atoms with Crippen LogP contribution < -0.4 is 5.14 Å². The summed E-state index contributed by atoms with van der Waals surface area (Å²) < 4.78 is 24.5. The van der Waals surface area contributed by atoms with E-state index >= 15 is 0 Å². The minimum absolute atomic E-state index is 0.104. The summed E-state index contributed by atoms with van der Waals surface area (Å²) in [6.07, 6.45) is 5.29. The fraction of sp³-hybridized carbons (Fsp3) is 0.0667. The lowest BCUT2D eigenvalue weighted by molar-refractivity contribution is 0.597. The lowest BCUT2D eigenvalue weighted by Crippen LogP contribution is -2.12. The molecule has 2 aromatic heterocycles. The molecule has 112 valence electrons. The first-order valence-electron chi connectivity index (χ1n) is 6.58. The molecule has 6 nitrogen and oxygen atoms in total. The van der Waals surface area contributed by atoms with Crippen molar-refractivity contribution in [3.05, 3.63) is 66.6 Å². The second kappa shape index (κ2) is 5.70. The number of benzene rings is 1. The molecule has 0 fully saturated rings. The number of sulfonamides is 1. The quantitative estimate of drug-likeness (QED) is 0.792. The van der Waals surface area contributed by atoms with Crippen molar-refractivity contribution in [2.75, 3.05) is 0 Å². The second-order valence-corrected chi connectivity index (χ2v) is 6.34. The smallest absolute Gasteiger partial charge is 0.238 e. The van der Waals surface area contributed by atoms with Crippen molar-refractivity contribution in [2.24, 2.45) is 5.14 Å². The zero-order valence-corrected chi connectivity index (χ0v) is 12.4. The first-order valence-corrected chi connectivity index (χ1v) is 8.13. The van der Waals surface area contributed by atoms with Gasteiger partial charge in [-0.2, -0.15) is 0 Å². The molecule has 0 atom stereocenters. The molecule has 0 aliphatic heterocycles. The van der Waals surface area contributed by atoms with E-state index in [1.807, 2.05) is 29.0 Å². The van der Waals surface area contributed by atoms with Crippen LogP contribution in [0.25, 0.3) is 11.5 Å². The molecule has 0 amide bonds. The normalized spacial score (nSPS) is 11.5. The lowest BCUT2D eigenvalue weighted by Gasteiger charge is -2.08. The Balaban J connectivity index is 1.87. The van der Waals surface area contributed by atoms with Gasteiger partial charge in [0.2, 0.25) is 10.0 Å². The molecule has 0 unspecified atom stereocenters. The predicted octanol–water partition coefficient (Wildman–Crippen LogP) is 1.64. The summed E-state index contributed by atoms with van der Waals surface area (Å²) in [7, 11) is -3.66. The van der Waals surface area contributed by atoms with Crippen molar-refractivity contribution < 1.29 is 8.42 Å². The molecule has 2 N–H and O–H groups in total. The third-order valence-electron chi connectivity index (χ3n) is 3.21. The molecule has 0 aliphatic rings. The van der Waals surface area contributed by atoms with Crippen molar-refractivity contribution in [3.8, 4) is 11.5 Å². The SMILES string of the molecule is NS(=O)(=O)c1ccc(Cn2ccnc2-c2ccccn2)cc1. The Morgan fingerprint density at radius 3 is 2.41 bits per heavy atom. The number of primary sulfonamides is 1. The van der Waals surface area contributed by atoms with Crippen LogP contribution in [0, 0.1) is 0 Å². The summed E-state index contributed by atoms with van der Waals surface area (Å²) in [6.45, 7) is 0.566. The molecule has 0 bridgehead atoms. The van der Waals surface area contributed by atoms with Crippen LogP contribution in [0.3, 0.4) is 0 Å². The molecule has 3 rings (SSSR count). The molecular weight excluding hydrogens is 300 g/mol. The first kappa shape index (κ1) is 14.4. The van der Waals surface area contributed by atoms with Gasteiger partial charge >= 0.3 is 0 Å². The van der Waals surface area contributed by atoms with E-state index in [0.29, 0.717) is 6.54 Å². The third-order valence-corrected chi connectivity index (χ3v) is 4.14. The Hall–Kier alpha value is -2.51. The standard InChI is InChI=1S/C15H14N4O2S/c16-22(20,21)13-6-4-12(5-7-13)11-19-10-9-18-15(19)14-3-1-2-8-17-14/h1-10H,11H2,(H2,16,20,21). The lowest BCUT2D eigenvalue weighted by atomic mass is 10.2. The highest BCUT2D eigenvalue weighted by Crippen LogP contribution is 2.16. The Morgan fingerprint density at radius 2 is 1.77 bits per heavy atom. The van der Waals surface area contributed by atoms with Crippen molar-refractivity contribution in [1.29, 1.82) is 0 Å². The highest BCUT2D eigenvalue weighted by atomic mass is 32.2. The van der Waals surface area contributed by atoms with Crippen LogP contribution in [0.5, 0.6) is 0 Å². The molecule has 0 saturated heterocycles. The van der Waals surface area contributed by atoms with Crippen molar-refractivity contribution in [3.63, 3.8) is 0 Å². The van der Waals surface area contributed by atoms with Crippen LogP contribution in [0.1, 0.15) is 5.56 Å². The Morgan fingerprint density at radius 1 is 1.00 bits per heavy atom. The summed E-state index contributed by atoms with van der Waals surface area (Å²) in [4.78, 5) is 8.72. The van der Waals surface area contributed by atoms with Crippen LogP contribution in [0.15, 0.2) is 66.0 Å². The maximum atomic E-state index is 11.3. The molecule has 7 heteroatoms. The number of hydrogen-bond acceptors (Lipinski definition) is 4. The van der Waals surface area contributed by atoms with Crippen LogP contribution in [0.4, 0.5) is 0 Å². The number of aromatic nitrogens is 3. The second-order valence-electron chi connectivity index (χ2n) is 4.78. The number of rotatable bonds is 4. The van der Waals surface area contributed by atoms with E-state index in [9.17, 15) is 8.42 Å². The van der Waals surface area contributed by atoms with Crippen molar-refractivity contribution in [2.45, 2.75) is 11.4 Å². The minimum atomic E-state index is -3.66. The van der Waals surface area contributed by atoms with E-state index in [1.165, 1.54) is 12.1 Å². The summed E-state index contributed by atoms with van der Waals surface area (Å²) in [6, 6.07) is 12.1. The number of nitrogens with zero attached hydrogens (tertiary/aromatic N) is 3. The highest BCUT2D eigenvalue weighted by molar-refractivity contribution is 7.89. The molecule has 2 heterocycles. The number of pyridine rings is 1. The fourth-order valence-corrected chi connectivity index (χ4v) is 2.66. The molecule has 0 spiro atoms. The van der Waals surface area contributed by atoms with Gasteiger partial charge in [0.15, 0.2) is 5.82 Å². The molecule has 0 radical (unpaired) electrons. The summed E-state index contributed by atoms with van der Waals surface area (Å²) in [5, 5.41) is 5.09. The average molecular weight is 314 g/mol. The van der Waals surface area contributed by atoms with Crippen molar-refractivity contribution >= 4 is 10.0 Å². The van der Waals surface area contributed by atoms with Gasteiger partial charge in [-0.3, -0.25) is 4.98 Å². The highest BCUT2D eigenvalue weighted by Gasteiger charge is 2.09. The van der Waals surface area contributed by atoms with E-state index in [-0.39, 0.29) is 4.90 Å². The monoisotopic (exact) mass is 314 g/mol. The van der Waals surface area contributed by atoms with Gasteiger partial charge < -0.3 is 4.57 Å². The summed E-state index contributed by atoms with van der Waals surface area (Å²) in [5.41, 5.74) is 1.73. The van der Waals surface area contributed by atoms with Gasteiger partial charge in [0.05, 0.1) is 4.90 Å². The van der Waals surface area contributed by atoms with Gasteiger partial charge in [-0.1, -0.05) is 18.2 Å². The Bertz CT molecular complexity index is 871. The van der Waals surface area contributed by atoms with Gasteiger partial charge in [0.25, 0.3) is 0 Å². The van der Waals surface area contributed by atoms with Crippen LogP contribution >= 0.6 is 0 Å². The Labute approximate surface area is 128 Å². The van der Waals surface area contributed by atoms with E-state index in [2.05, 4.69) is 9.97 Å². The summed E-state index contributed by atoms with van der Waals surface area (Å²) >= 11 is 0. The van der Waals surface area contributed by atoms with Crippen LogP contribution in [-0.4, -0.2) is 23.0 Å². The number of nitrogens with two attached hydrogens (primary N) is 1. The molecule has 3 aromatic rings. The van der Waals surface area contributed by atoms with Gasteiger partial charge in [-0.15, -0.1) is 0 Å². The Kier molecular flexibility index (Phi) is 3.74. The molecule has 0 saturated carbocycles. The number of imidazole rings is 1. The topological polar surface area (TPSA) is 90.9 Å². The molecular formula is C15H14N4O2S. The van der Waals surface area contributed by atoms with Gasteiger partial charge in [0, 0.05) is 25.1 Å².